The maximum Gasteiger partial charge on any atom is 0.433 e. The van der Waals surface area contributed by atoms with E-state index in [9.17, 15) is 18.0 Å². The molecule has 146 valence electrons. The maximum atomic E-state index is 13.1. The molecule has 0 amide bonds. The van der Waals surface area contributed by atoms with Crippen LogP contribution in [0.25, 0.3) is 16.6 Å². The van der Waals surface area contributed by atoms with E-state index in [-0.39, 0.29) is 17.0 Å². The van der Waals surface area contributed by atoms with Crippen LogP contribution in [0.5, 0.6) is 0 Å². The van der Waals surface area contributed by atoms with E-state index in [0.29, 0.717) is 21.7 Å². The zero-order valence-electron chi connectivity index (χ0n) is 14.8. The van der Waals surface area contributed by atoms with Crippen molar-refractivity contribution in [1.29, 1.82) is 0 Å². The fraction of sp³-hybridized carbons (Fsp3) is 0.100. The van der Waals surface area contributed by atoms with Crippen LogP contribution in [0.3, 0.4) is 0 Å². The monoisotopic (exact) mass is 414 g/mol. The molecule has 0 aliphatic carbocycles. The third kappa shape index (κ3) is 4.00. The molecule has 29 heavy (non-hydrogen) atoms. The molecule has 9 heteroatoms. The van der Waals surface area contributed by atoms with Gasteiger partial charge in [-0.05, 0) is 36.4 Å². The van der Waals surface area contributed by atoms with Crippen molar-refractivity contribution in [2.75, 3.05) is 0 Å². The predicted molar refractivity (Wildman–Crippen MR) is 104 cm³/mol. The third-order valence-corrected chi connectivity index (χ3v) is 5.07. The molecular formula is C20H13F3N4OS. The number of para-hydroxylation sites is 1. The number of halogens is 3. The standard InChI is InChI=1S/C20H13F3N4OS/c21-20(22,23)17-9-3-5-13(25-17)12-29-19-26-16-8-2-1-7-15(16)18(28)27(19)14-6-4-10-24-11-14/h1-11H,12H2. The normalized spacial score (nSPS) is 11.7. The second-order valence-corrected chi connectivity index (χ2v) is 7.01. The first-order chi connectivity index (χ1) is 13.9. The summed E-state index contributed by atoms with van der Waals surface area (Å²) in [5.41, 5.74) is 0.0483. The molecular weight excluding hydrogens is 401 g/mol. The lowest BCUT2D eigenvalue weighted by molar-refractivity contribution is -0.141. The van der Waals surface area contributed by atoms with E-state index >= 15 is 0 Å². The lowest BCUT2D eigenvalue weighted by atomic mass is 10.2. The summed E-state index contributed by atoms with van der Waals surface area (Å²) >= 11 is 1.14. The Kier molecular flexibility index (Phi) is 5.06. The van der Waals surface area contributed by atoms with Gasteiger partial charge < -0.3 is 0 Å². The van der Waals surface area contributed by atoms with Gasteiger partial charge in [0.25, 0.3) is 5.56 Å². The highest BCUT2D eigenvalue weighted by atomic mass is 32.2. The summed E-state index contributed by atoms with van der Waals surface area (Å²) in [5.74, 6) is 0.120. The molecule has 5 nitrogen and oxygen atoms in total. The Bertz CT molecular complexity index is 1230. The number of benzene rings is 1. The highest BCUT2D eigenvalue weighted by molar-refractivity contribution is 7.98. The summed E-state index contributed by atoms with van der Waals surface area (Å²) in [5, 5.41) is 0.791. The zero-order chi connectivity index (χ0) is 20.4. The van der Waals surface area contributed by atoms with Crippen LogP contribution in [0.15, 0.2) is 76.9 Å². The number of aromatic nitrogens is 4. The topological polar surface area (TPSA) is 60.7 Å². The lowest BCUT2D eigenvalue weighted by Crippen LogP contribution is -2.21. The maximum absolute atomic E-state index is 13.1. The van der Waals surface area contributed by atoms with Crippen LogP contribution in [-0.4, -0.2) is 19.5 Å². The summed E-state index contributed by atoms with van der Waals surface area (Å²) in [4.78, 5) is 25.3. The fourth-order valence-electron chi connectivity index (χ4n) is 2.78. The minimum atomic E-state index is -4.51. The first kappa shape index (κ1) is 19.1. The molecule has 0 spiro atoms. The number of hydrogen-bond donors (Lipinski definition) is 0. The Hall–Kier alpha value is -3.20. The summed E-state index contributed by atoms with van der Waals surface area (Å²) in [6, 6.07) is 14.1. The molecule has 3 heterocycles. The summed E-state index contributed by atoms with van der Waals surface area (Å²) < 4.78 is 40.1. The van der Waals surface area contributed by atoms with Crippen LogP contribution >= 0.6 is 11.8 Å². The Balaban J connectivity index is 1.77. The molecule has 0 bridgehead atoms. The summed E-state index contributed by atoms with van der Waals surface area (Å²) in [7, 11) is 0. The molecule has 1 aromatic carbocycles. The van der Waals surface area contributed by atoms with Crippen molar-refractivity contribution in [2.45, 2.75) is 17.1 Å². The smallest absolute Gasteiger partial charge is 0.268 e. The van der Waals surface area contributed by atoms with Crippen LogP contribution in [0.2, 0.25) is 0 Å². The van der Waals surface area contributed by atoms with E-state index in [0.717, 1.165) is 17.8 Å². The molecule has 0 saturated carbocycles. The molecule has 4 aromatic rings. The van der Waals surface area contributed by atoms with Gasteiger partial charge in [0.05, 0.1) is 28.5 Å². The van der Waals surface area contributed by atoms with Crippen molar-refractivity contribution < 1.29 is 13.2 Å². The van der Waals surface area contributed by atoms with Crippen molar-refractivity contribution in [3.8, 4) is 5.69 Å². The van der Waals surface area contributed by atoms with Crippen LogP contribution in [0.4, 0.5) is 13.2 Å². The lowest BCUT2D eigenvalue weighted by Gasteiger charge is -2.13. The van der Waals surface area contributed by atoms with Crippen LogP contribution < -0.4 is 5.56 Å². The van der Waals surface area contributed by atoms with Gasteiger partial charge in [0.2, 0.25) is 0 Å². The largest absolute Gasteiger partial charge is 0.433 e. The van der Waals surface area contributed by atoms with E-state index in [2.05, 4.69) is 15.0 Å². The molecule has 0 radical (unpaired) electrons. The Morgan fingerprint density at radius 2 is 1.79 bits per heavy atom. The van der Waals surface area contributed by atoms with E-state index in [1.54, 1.807) is 42.6 Å². The molecule has 4 rings (SSSR count). The van der Waals surface area contributed by atoms with Crippen molar-refractivity contribution >= 4 is 22.7 Å². The Morgan fingerprint density at radius 3 is 2.55 bits per heavy atom. The van der Waals surface area contributed by atoms with E-state index < -0.39 is 11.9 Å². The number of thioether (sulfide) groups is 1. The number of nitrogens with zero attached hydrogens (tertiary/aromatic N) is 4. The molecule has 0 aliphatic heterocycles. The van der Waals surface area contributed by atoms with Gasteiger partial charge in [-0.2, -0.15) is 13.2 Å². The third-order valence-electron chi connectivity index (χ3n) is 4.10. The van der Waals surface area contributed by atoms with Gasteiger partial charge in [-0.25, -0.2) is 9.97 Å². The molecule has 0 saturated heterocycles. The van der Waals surface area contributed by atoms with Crippen LogP contribution in [0.1, 0.15) is 11.4 Å². The molecule has 0 N–H and O–H groups in total. The second kappa shape index (κ2) is 7.67. The first-order valence-corrected chi connectivity index (χ1v) is 9.50. The van der Waals surface area contributed by atoms with Gasteiger partial charge >= 0.3 is 6.18 Å². The van der Waals surface area contributed by atoms with Crippen molar-refractivity contribution in [2.24, 2.45) is 0 Å². The average Bonchev–Trinajstić information content (AvgIpc) is 2.72. The first-order valence-electron chi connectivity index (χ1n) is 8.51. The number of rotatable bonds is 4. The summed E-state index contributed by atoms with van der Waals surface area (Å²) in [6.07, 6.45) is -1.40. The number of hydrogen-bond acceptors (Lipinski definition) is 5. The quantitative estimate of drug-likeness (QED) is 0.364. The molecule has 0 aliphatic rings. The highest BCUT2D eigenvalue weighted by Gasteiger charge is 2.32. The van der Waals surface area contributed by atoms with Gasteiger partial charge in [0.1, 0.15) is 5.69 Å². The molecule has 0 unspecified atom stereocenters. The minimum absolute atomic E-state index is 0.120. The predicted octanol–water partition coefficient (Wildman–Crippen LogP) is 4.49. The highest BCUT2D eigenvalue weighted by Crippen LogP contribution is 2.29. The van der Waals surface area contributed by atoms with Crippen molar-refractivity contribution in [3.05, 3.63) is 88.7 Å². The number of alkyl halides is 3. The zero-order valence-corrected chi connectivity index (χ0v) is 15.6. The van der Waals surface area contributed by atoms with Gasteiger partial charge in [0.15, 0.2) is 5.16 Å². The molecule has 3 aromatic heterocycles. The molecule has 0 fully saturated rings. The van der Waals surface area contributed by atoms with E-state index in [1.165, 1.54) is 22.9 Å². The molecule has 0 atom stereocenters. The van der Waals surface area contributed by atoms with Gasteiger partial charge in [-0.1, -0.05) is 30.0 Å². The fourth-order valence-corrected chi connectivity index (χ4v) is 3.70. The second-order valence-electron chi connectivity index (χ2n) is 6.06. The van der Waals surface area contributed by atoms with Gasteiger partial charge in [-0.3, -0.25) is 14.3 Å². The van der Waals surface area contributed by atoms with Crippen LogP contribution in [0, 0.1) is 0 Å². The van der Waals surface area contributed by atoms with Crippen molar-refractivity contribution in [3.63, 3.8) is 0 Å². The van der Waals surface area contributed by atoms with Crippen molar-refractivity contribution in [1.82, 2.24) is 19.5 Å². The number of fused-ring (bicyclic) bond motifs is 1. The Labute approximate surface area is 167 Å². The Morgan fingerprint density at radius 1 is 0.966 bits per heavy atom. The van der Waals surface area contributed by atoms with Crippen LogP contribution in [-0.2, 0) is 11.9 Å². The van der Waals surface area contributed by atoms with Gasteiger partial charge in [-0.15, -0.1) is 0 Å². The average molecular weight is 414 g/mol. The van der Waals surface area contributed by atoms with Gasteiger partial charge in [0, 0.05) is 11.9 Å². The minimum Gasteiger partial charge on any atom is -0.268 e. The SMILES string of the molecule is O=c1c2ccccc2nc(SCc2cccc(C(F)(F)F)n2)n1-c1cccnc1. The number of pyridine rings is 2. The summed E-state index contributed by atoms with van der Waals surface area (Å²) in [6.45, 7) is 0. The van der Waals surface area contributed by atoms with E-state index in [1.807, 2.05) is 0 Å². The van der Waals surface area contributed by atoms with E-state index in [4.69, 9.17) is 0 Å².